The number of benzene rings is 2. The monoisotopic (exact) mass is 296 g/mol. The maximum absolute atomic E-state index is 12.7. The first-order valence-electron chi connectivity index (χ1n) is 6.74. The first kappa shape index (κ1) is 14.0. The molecule has 1 aliphatic carbocycles. The van der Waals surface area contributed by atoms with Crippen molar-refractivity contribution in [2.75, 3.05) is 0 Å². The van der Waals surface area contributed by atoms with Gasteiger partial charge in [-0.25, -0.2) is 9.59 Å². The molecule has 2 aromatic rings. The largest absolute Gasteiger partial charge is 0.478 e. The van der Waals surface area contributed by atoms with E-state index in [2.05, 4.69) is 0 Å². The molecule has 3 rings (SSSR count). The van der Waals surface area contributed by atoms with Gasteiger partial charge in [0.2, 0.25) is 0 Å². The molecule has 1 aliphatic rings. The molecule has 0 aromatic heterocycles. The second-order valence-corrected chi connectivity index (χ2v) is 5.18. The Hall–Kier alpha value is -2.95. The van der Waals surface area contributed by atoms with Crippen LogP contribution in [-0.2, 0) is 12.8 Å². The van der Waals surface area contributed by atoms with Gasteiger partial charge in [0.1, 0.15) is 0 Å². The summed E-state index contributed by atoms with van der Waals surface area (Å²) in [4.78, 5) is 34.9. The molecule has 0 fully saturated rings. The van der Waals surface area contributed by atoms with Crippen molar-refractivity contribution in [1.82, 2.24) is 0 Å². The third kappa shape index (κ3) is 2.26. The number of rotatable bonds is 2. The van der Waals surface area contributed by atoms with E-state index < -0.39 is 11.9 Å². The van der Waals surface area contributed by atoms with E-state index in [1.807, 2.05) is 0 Å². The first-order chi connectivity index (χ1) is 10.5. The minimum Gasteiger partial charge on any atom is -0.478 e. The second-order valence-electron chi connectivity index (χ2n) is 5.18. The van der Waals surface area contributed by atoms with Gasteiger partial charge in [-0.3, -0.25) is 4.79 Å². The van der Waals surface area contributed by atoms with E-state index in [-0.39, 0.29) is 16.9 Å². The summed E-state index contributed by atoms with van der Waals surface area (Å²) < 4.78 is 0. The van der Waals surface area contributed by atoms with E-state index >= 15 is 0 Å². The van der Waals surface area contributed by atoms with Crippen LogP contribution in [0.5, 0.6) is 0 Å². The Morgan fingerprint density at radius 3 is 1.55 bits per heavy atom. The lowest BCUT2D eigenvalue weighted by atomic mass is 9.96. The Morgan fingerprint density at radius 2 is 1.18 bits per heavy atom. The van der Waals surface area contributed by atoms with Gasteiger partial charge in [-0.05, 0) is 48.2 Å². The fourth-order valence-electron chi connectivity index (χ4n) is 2.69. The number of carbonyl (C=O) groups excluding carboxylic acids is 1. The Kier molecular flexibility index (Phi) is 3.25. The van der Waals surface area contributed by atoms with Crippen LogP contribution in [0.4, 0.5) is 0 Å². The van der Waals surface area contributed by atoms with Gasteiger partial charge in [-0.1, -0.05) is 12.1 Å². The summed E-state index contributed by atoms with van der Waals surface area (Å²) in [6.07, 6.45) is 1.22. The van der Waals surface area contributed by atoms with Crippen LogP contribution in [0.3, 0.4) is 0 Å². The van der Waals surface area contributed by atoms with Gasteiger partial charge >= 0.3 is 11.9 Å². The number of carboxylic acid groups (broad SMARTS) is 2. The maximum Gasteiger partial charge on any atom is 0.335 e. The smallest absolute Gasteiger partial charge is 0.335 e. The van der Waals surface area contributed by atoms with Crippen molar-refractivity contribution in [2.24, 2.45) is 0 Å². The molecule has 110 valence electrons. The third-order valence-electron chi connectivity index (χ3n) is 3.87. The number of aromatic carboxylic acids is 2. The molecular formula is C17H12O5. The van der Waals surface area contributed by atoms with Crippen LogP contribution in [0.25, 0.3) is 0 Å². The van der Waals surface area contributed by atoms with Gasteiger partial charge < -0.3 is 10.2 Å². The number of fused-ring (bicyclic) bond motifs is 2. The number of hydrogen-bond acceptors (Lipinski definition) is 3. The Morgan fingerprint density at radius 1 is 0.773 bits per heavy atom. The lowest BCUT2D eigenvalue weighted by Gasteiger charge is -2.07. The van der Waals surface area contributed by atoms with Crippen molar-refractivity contribution < 1.29 is 24.6 Å². The molecule has 2 aromatic carbocycles. The number of hydrogen-bond donors (Lipinski definition) is 2. The molecule has 2 N–H and O–H groups in total. The van der Waals surface area contributed by atoms with Crippen molar-refractivity contribution in [3.8, 4) is 0 Å². The number of carbonyl (C=O) groups is 3. The molecule has 22 heavy (non-hydrogen) atoms. The molecule has 0 saturated carbocycles. The van der Waals surface area contributed by atoms with Gasteiger partial charge in [-0.2, -0.15) is 0 Å². The van der Waals surface area contributed by atoms with Crippen molar-refractivity contribution in [1.29, 1.82) is 0 Å². The van der Waals surface area contributed by atoms with Crippen LogP contribution >= 0.6 is 0 Å². The highest BCUT2D eigenvalue weighted by atomic mass is 16.4. The zero-order chi connectivity index (χ0) is 15.9. The van der Waals surface area contributed by atoms with E-state index in [9.17, 15) is 14.4 Å². The number of aryl methyl sites for hydroxylation is 2. The van der Waals surface area contributed by atoms with Crippen LogP contribution < -0.4 is 0 Å². The van der Waals surface area contributed by atoms with Gasteiger partial charge in [0.05, 0.1) is 11.1 Å². The Labute approximate surface area is 125 Å². The average Bonchev–Trinajstić information content (AvgIpc) is 2.64. The van der Waals surface area contributed by atoms with Crippen LogP contribution in [0.15, 0.2) is 36.4 Å². The second kappa shape index (κ2) is 5.11. The van der Waals surface area contributed by atoms with E-state index in [1.165, 1.54) is 24.3 Å². The van der Waals surface area contributed by atoms with Gasteiger partial charge in [0.25, 0.3) is 0 Å². The van der Waals surface area contributed by atoms with Crippen LogP contribution in [0.1, 0.15) is 47.8 Å². The molecular weight excluding hydrogens is 284 g/mol. The molecule has 0 spiro atoms. The minimum absolute atomic E-state index is 0.0462. The molecule has 0 heterocycles. The SMILES string of the molecule is O=C(O)c1ccc2c(c1)C(=O)c1cc(C(=O)O)ccc1CC2. The average molecular weight is 296 g/mol. The number of carboxylic acids is 2. The van der Waals surface area contributed by atoms with Gasteiger partial charge in [-0.15, -0.1) is 0 Å². The van der Waals surface area contributed by atoms with Gasteiger partial charge in [0.15, 0.2) is 5.78 Å². The lowest BCUT2D eigenvalue weighted by Crippen LogP contribution is -2.08. The maximum atomic E-state index is 12.7. The Bertz CT molecular complexity index is 752. The highest BCUT2D eigenvalue weighted by Gasteiger charge is 2.23. The lowest BCUT2D eigenvalue weighted by molar-refractivity contribution is 0.0686. The van der Waals surface area contributed by atoms with Crippen molar-refractivity contribution in [3.05, 3.63) is 69.8 Å². The summed E-state index contributed by atoms with van der Waals surface area (Å²) in [6, 6.07) is 8.99. The normalized spacial score (nSPS) is 13.0. The van der Waals surface area contributed by atoms with E-state index in [4.69, 9.17) is 10.2 Å². The van der Waals surface area contributed by atoms with E-state index in [0.717, 1.165) is 11.1 Å². The highest BCUT2D eigenvalue weighted by molar-refractivity contribution is 6.13. The third-order valence-corrected chi connectivity index (χ3v) is 3.87. The van der Waals surface area contributed by atoms with Crippen molar-refractivity contribution >= 4 is 17.7 Å². The summed E-state index contributed by atoms with van der Waals surface area (Å²) in [5, 5.41) is 18.1. The Balaban J connectivity index is 2.17. The van der Waals surface area contributed by atoms with Crippen molar-refractivity contribution in [2.45, 2.75) is 12.8 Å². The number of ketones is 1. The fraction of sp³-hybridized carbons (Fsp3) is 0.118. The van der Waals surface area contributed by atoms with Crippen molar-refractivity contribution in [3.63, 3.8) is 0 Å². The summed E-state index contributed by atoms with van der Waals surface area (Å²) >= 11 is 0. The zero-order valence-corrected chi connectivity index (χ0v) is 11.5. The molecule has 0 saturated heterocycles. The first-order valence-corrected chi connectivity index (χ1v) is 6.74. The molecule has 5 heteroatoms. The van der Waals surface area contributed by atoms with E-state index in [0.29, 0.717) is 24.0 Å². The predicted molar refractivity (Wildman–Crippen MR) is 77.6 cm³/mol. The highest BCUT2D eigenvalue weighted by Crippen LogP contribution is 2.26. The minimum atomic E-state index is -1.10. The molecule has 0 amide bonds. The standard InChI is InChI=1S/C17H12O5/c18-15-13-7-11(16(19)20)5-3-9(13)1-2-10-4-6-12(17(21)22)8-14(10)15/h3-8H,1-2H2,(H,19,20)(H,21,22). The molecule has 0 unspecified atom stereocenters. The summed E-state index contributed by atoms with van der Waals surface area (Å²) in [7, 11) is 0. The quantitative estimate of drug-likeness (QED) is 0.888. The summed E-state index contributed by atoms with van der Waals surface area (Å²) in [5.74, 6) is -2.52. The molecule has 0 aliphatic heterocycles. The summed E-state index contributed by atoms with van der Waals surface area (Å²) in [6.45, 7) is 0. The topological polar surface area (TPSA) is 91.7 Å². The fourth-order valence-corrected chi connectivity index (χ4v) is 2.69. The van der Waals surface area contributed by atoms with Crippen LogP contribution in [-0.4, -0.2) is 27.9 Å². The predicted octanol–water partition coefficient (Wildman–Crippen LogP) is 2.41. The molecule has 0 radical (unpaired) electrons. The molecule has 5 nitrogen and oxygen atoms in total. The molecule has 0 atom stereocenters. The van der Waals surface area contributed by atoms with E-state index in [1.54, 1.807) is 12.1 Å². The molecule has 0 bridgehead atoms. The van der Waals surface area contributed by atoms with Crippen LogP contribution in [0, 0.1) is 0 Å². The van der Waals surface area contributed by atoms with Crippen LogP contribution in [0.2, 0.25) is 0 Å². The zero-order valence-electron chi connectivity index (χ0n) is 11.5. The van der Waals surface area contributed by atoms with Gasteiger partial charge in [0, 0.05) is 11.1 Å². The summed E-state index contributed by atoms with van der Waals surface area (Å²) in [5.41, 5.74) is 2.32.